The fraction of sp³-hybridized carbons (Fsp3) is 0.714. The van der Waals surface area contributed by atoms with E-state index in [0.717, 1.165) is 0 Å². The van der Waals surface area contributed by atoms with Crippen LogP contribution in [-0.4, -0.2) is 23.0 Å². The molecule has 1 aromatic heterocycles. The van der Waals surface area contributed by atoms with E-state index >= 15 is 0 Å². The third-order valence-electron chi connectivity index (χ3n) is 3.89. The van der Waals surface area contributed by atoms with Crippen LogP contribution in [0, 0.1) is 6.92 Å². The van der Waals surface area contributed by atoms with Crippen LogP contribution in [0.1, 0.15) is 62.4 Å². The standard InChI is InChI=1S/C14H24N2/c1-10(2)13-9-15-11(3)14(13)12(4)16-7-5-6-8-16/h9-10,12,15H,5-8H2,1-4H3. The van der Waals surface area contributed by atoms with Gasteiger partial charge in [0.25, 0.3) is 0 Å². The molecule has 2 heterocycles. The minimum absolute atomic E-state index is 0.575. The number of H-pyrrole nitrogens is 1. The van der Waals surface area contributed by atoms with Crippen molar-refractivity contribution >= 4 is 0 Å². The third-order valence-corrected chi connectivity index (χ3v) is 3.89. The second-order valence-corrected chi connectivity index (χ2v) is 5.36. The Morgan fingerprint density at radius 1 is 1.19 bits per heavy atom. The largest absolute Gasteiger partial charge is 0.365 e. The van der Waals surface area contributed by atoms with Crippen molar-refractivity contribution in [2.75, 3.05) is 13.1 Å². The lowest BCUT2D eigenvalue weighted by Crippen LogP contribution is -2.24. The topological polar surface area (TPSA) is 19.0 Å². The maximum absolute atomic E-state index is 3.40. The van der Waals surface area contributed by atoms with Crippen LogP contribution in [0.25, 0.3) is 0 Å². The van der Waals surface area contributed by atoms with Gasteiger partial charge in [-0.15, -0.1) is 0 Å². The Bertz CT molecular complexity index is 346. The van der Waals surface area contributed by atoms with Crippen molar-refractivity contribution in [3.8, 4) is 0 Å². The van der Waals surface area contributed by atoms with Crippen molar-refractivity contribution in [3.05, 3.63) is 23.0 Å². The number of nitrogens with one attached hydrogen (secondary N) is 1. The Balaban J connectivity index is 2.27. The highest BCUT2D eigenvalue weighted by Gasteiger charge is 2.24. The minimum atomic E-state index is 0.575. The van der Waals surface area contributed by atoms with Crippen molar-refractivity contribution in [2.24, 2.45) is 0 Å². The number of rotatable bonds is 3. The van der Waals surface area contributed by atoms with Gasteiger partial charge in [-0.1, -0.05) is 13.8 Å². The number of hydrogen-bond acceptors (Lipinski definition) is 1. The summed E-state index contributed by atoms with van der Waals surface area (Å²) in [6.07, 6.45) is 4.93. The van der Waals surface area contributed by atoms with Crippen LogP contribution in [0.2, 0.25) is 0 Å². The molecule has 0 saturated carbocycles. The summed E-state index contributed by atoms with van der Waals surface area (Å²) in [5.74, 6) is 0.616. The molecule has 2 heteroatoms. The number of aromatic amines is 1. The quantitative estimate of drug-likeness (QED) is 0.824. The molecule has 0 bridgehead atoms. The molecule has 1 unspecified atom stereocenters. The first kappa shape index (κ1) is 11.7. The number of hydrogen-bond donors (Lipinski definition) is 1. The van der Waals surface area contributed by atoms with E-state index in [1.165, 1.54) is 42.8 Å². The van der Waals surface area contributed by atoms with Crippen LogP contribution in [0.15, 0.2) is 6.20 Å². The van der Waals surface area contributed by atoms with E-state index in [-0.39, 0.29) is 0 Å². The molecule has 1 saturated heterocycles. The lowest BCUT2D eigenvalue weighted by Gasteiger charge is -2.26. The van der Waals surface area contributed by atoms with E-state index in [0.29, 0.717) is 12.0 Å². The van der Waals surface area contributed by atoms with Gasteiger partial charge in [-0.05, 0) is 56.8 Å². The number of aryl methyl sites for hydroxylation is 1. The Labute approximate surface area is 99.0 Å². The zero-order chi connectivity index (χ0) is 11.7. The fourth-order valence-electron chi connectivity index (χ4n) is 2.90. The van der Waals surface area contributed by atoms with E-state index in [9.17, 15) is 0 Å². The molecule has 2 rings (SSSR count). The van der Waals surface area contributed by atoms with E-state index in [2.05, 4.69) is 43.8 Å². The van der Waals surface area contributed by atoms with E-state index in [1.807, 2.05) is 0 Å². The summed E-state index contributed by atoms with van der Waals surface area (Å²) in [5, 5.41) is 0. The first-order chi connectivity index (χ1) is 7.61. The Kier molecular flexibility index (Phi) is 3.38. The molecule has 0 amide bonds. The van der Waals surface area contributed by atoms with Crippen molar-refractivity contribution in [1.82, 2.24) is 9.88 Å². The van der Waals surface area contributed by atoms with Crippen molar-refractivity contribution in [1.29, 1.82) is 0 Å². The van der Waals surface area contributed by atoms with E-state index < -0.39 is 0 Å². The van der Waals surface area contributed by atoms with Crippen LogP contribution >= 0.6 is 0 Å². The summed E-state index contributed by atoms with van der Waals surface area (Å²) in [6, 6.07) is 0.575. The van der Waals surface area contributed by atoms with Gasteiger partial charge in [-0.2, -0.15) is 0 Å². The SMILES string of the molecule is Cc1[nH]cc(C(C)C)c1C(C)N1CCCC1. The monoisotopic (exact) mass is 220 g/mol. The van der Waals surface area contributed by atoms with E-state index in [4.69, 9.17) is 0 Å². The zero-order valence-electron chi connectivity index (χ0n) is 11.0. The molecule has 90 valence electrons. The molecule has 1 aliphatic heterocycles. The van der Waals surface area contributed by atoms with Gasteiger partial charge in [0.2, 0.25) is 0 Å². The molecule has 0 spiro atoms. The minimum Gasteiger partial charge on any atom is -0.365 e. The molecular formula is C14H24N2. The normalized spacial score (nSPS) is 19.6. The average molecular weight is 220 g/mol. The average Bonchev–Trinajstić information content (AvgIpc) is 2.84. The van der Waals surface area contributed by atoms with Crippen LogP contribution < -0.4 is 0 Å². The van der Waals surface area contributed by atoms with Gasteiger partial charge >= 0.3 is 0 Å². The Morgan fingerprint density at radius 2 is 1.81 bits per heavy atom. The summed E-state index contributed by atoms with van der Waals surface area (Å²) in [5.41, 5.74) is 4.39. The second kappa shape index (κ2) is 4.62. The van der Waals surface area contributed by atoms with Gasteiger partial charge in [-0.25, -0.2) is 0 Å². The molecule has 1 atom stereocenters. The molecular weight excluding hydrogens is 196 g/mol. The maximum atomic E-state index is 3.40. The highest BCUT2D eigenvalue weighted by molar-refractivity contribution is 5.35. The van der Waals surface area contributed by atoms with Crippen LogP contribution in [0.5, 0.6) is 0 Å². The number of aromatic nitrogens is 1. The number of nitrogens with zero attached hydrogens (tertiary/aromatic N) is 1. The van der Waals surface area contributed by atoms with Gasteiger partial charge in [0.1, 0.15) is 0 Å². The maximum Gasteiger partial charge on any atom is 0.0340 e. The summed E-state index contributed by atoms with van der Waals surface area (Å²) >= 11 is 0. The predicted molar refractivity (Wildman–Crippen MR) is 68.8 cm³/mol. The summed E-state index contributed by atoms with van der Waals surface area (Å²) in [6.45, 7) is 11.7. The highest BCUT2D eigenvalue weighted by atomic mass is 15.2. The number of likely N-dealkylation sites (tertiary alicyclic amines) is 1. The molecule has 0 radical (unpaired) electrons. The first-order valence-electron chi connectivity index (χ1n) is 6.53. The van der Waals surface area contributed by atoms with Gasteiger partial charge in [0, 0.05) is 17.9 Å². The van der Waals surface area contributed by atoms with Crippen LogP contribution in [0.3, 0.4) is 0 Å². The Morgan fingerprint density at radius 3 is 2.38 bits per heavy atom. The van der Waals surface area contributed by atoms with Crippen LogP contribution in [-0.2, 0) is 0 Å². The van der Waals surface area contributed by atoms with Crippen molar-refractivity contribution in [3.63, 3.8) is 0 Å². The van der Waals surface area contributed by atoms with Crippen LogP contribution in [0.4, 0.5) is 0 Å². The first-order valence-corrected chi connectivity index (χ1v) is 6.53. The zero-order valence-corrected chi connectivity index (χ0v) is 11.0. The highest BCUT2D eigenvalue weighted by Crippen LogP contribution is 2.32. The lowest BCUT2D eigenvalue weighted by molar-refractivity contribution is 0.261. The van der Waals surface area contributed by atoms with E-state index in [1.54, 1.807) is 0 Å². The molecule has 1 aliphatic rings. The van der Waals surface area contributed by atoms with Crippen molar-refractivity contribution in [2.45, 2.75) is 52.5 Å². The molecule has 16 heavy (non-hydrogen) atoms. The summed E-state index contributed by atoms with van der Waals surface area (Å²) in [4.78, 5) is 6.01. The molecule has 1 fully saturated rings. The van der Waals surface area contributed by atoms with Gasteiger partial charge in [0.05, 0.1) is 0 Å². The molecule has 1 N–H and O–H groups in total. The van der Waals surface area contributed by atoms with Gasteiger partial charge in [-0.3, -0.25) is 4.90 Å². The lowest BCUT2D eigenvalue weighted by atomic mass is 9.95. The molecule has 0 aliphatic carbocycles. The smallest absolute Gasteiger partial charge is 0.0340 e. The van der Waals surface area contributed by atoms with Crippen molar-refractivity contribution < 1.29 is 0 Å². The Hall–Kier alpha value is -0.760. The molecule has 1 aromatic rings. The summed E-state index contributed by atoms with van der Waals surface area (Å²) in [7, 11) is 0. The third kappa shape index (κ3) is 2.03. The predicted octanol–water partition coefficient (Wildman–Crippen LogP) is 3.60. The fourth-order valence-corrected chi connectivity index (χ4v) is 2.90. The van der Waals surface area contributed by atoms with Gasteiger partial charge in [0.15, 0.2) is 0 Å². The molecule has 0 aromatic carbocycles. The summed E-state index contributed by atoms with van der Waals surface area (Å²) < 4.78 is 0. The second-order valence-electron chi connectivity index (χ2n) is 5.36. The van der Waals surface area contributed by atoms with Gasteiger partial charge < -0.3 is 4.98 Å². The molecule has 2 nitrogen and oxygen atoms in total.